The third-order valence-corrected chi connectivity index (χ3v) is 5.12. The van der Waals surface area contributed by atoms with E-state index in [4.69, 9.17) is 16.7 Å². The van der Waals surface area contributed by atoms with Crippen LogP contribution in [0, 0.1) is 11.8 Å². The van der Waals surface area contributed by atoms with Crippen LogP contribution in [0.3, 0.4) is 0 Å². The number of aliphatic carboxylic acids is 1. The lowest BCUT2D eigenvalue weighted by atomic mass is 9.92. The molecule has 0 saturated heterocycles. The lowest BCUT2D eigenvalue weighted by Gasteiger charge is -2.25. The molecule has 15 nitrogen and oxygen atoms in total. The molecule has 0 spiro atoms. The molecule has 0 heterocycles. The Labute approximate surface area is 208 Å². The predicted molar refractivity (Wildman–Crippen MR) is 125 cm³/mol. The number of nitrogens with two attached hydrogens (primary N) is 2. The van der Waals surface area contributed by atoms with Crippen molar-refractivity contribution < 1.29 is 44.2 Å². The third kappa shape index (κ3) is 13.0. The van der Waals surface area contributed by atoms with E-state index in [1.54, 1.807) is 13.8 Å². The van der Waals surface area contributed by atoms with Crippen LogP contribution in [0.2, 0.25) is 0 Å². The lowest BCUT2D eigenvalue weighted by Crippen LogP contribution is -2.58. The van der Waals surface area contributed by atoms with E-state index < -0.39 is 79.0 Å². The van der Waals surface area contributed by atoms with E-state index >= 15 is 0 Å². The molecular formula is C21H38N6O9. The first-order valence-corrected chi connectivity index (χ1v) is 11.5. The number of rotatable bonds is 18. The maximum Gasteiger partial charge on any atom is 0.305 e. The summed E-state index contributed by atoms with van der Waals surface area (Å²) in [6.45, 7) is 3.02. The van der Waals surface area contributed by atoms with E-state index in [-0.39, 0.29) is 18.8 Å². The first-order chi connectivity index (χ1) is 16.9. The van der Waals surface area contributed by atoms with Crippen LogP contribution in [0.1, 0.15) is 52.4 Å². The number of amides is 5. The van der Waals surface area contributed by atoms with Gasteiger partial charge in [0.25, 0.3) is 0 Å². The van der Waals surface area contributed by atoms with Crippen molar-refractivity contribution in [1.82, 2.24) is 21.4 Å². The zero-order chi connectivity index (χ0) is 27.8. The van der Waals surface area contributed by atoms with Gasteiger partial charge in [0.2, 0.25) is 29.5 Å². The Morgan fingerprint density at radius 2 is 1.39 bits per heavy atom. The first kappa shape index (κ1) is 32.7. The Bertz CT molecular complexity index is 777. The van der Waals surface area contributed by atoms with E-state index in [0.717, 1.165) is 0 Å². The molecule has 0 aromatic heterocycles. The average Bonchev–Trinajstić information content (AvgIpc) is 2.79. The van der Waals surface area contributed by atoms with Gasteiger partial charge < -0.3 is 37.6 Å². The second-order valence-corrected chi connectivity index (χ2v) is 8.72. The Morgan fingerprint density at radius 1 is 0.833 bits per heavy atom. The fourth-order valence-electron chi connectivity index (χ4n) is 3.31. The van der Waals surface area contributed by atoms with Crippen LogP contribution in [0.15, 0.2) is 0 Å². The number of carbonyl (C=O) groups excluding carboxylic acids is 5. The number of primary amides is 1. The number of hydrogen-bond acceptors (Lipinski definition) is 9. The molecule has 15 heteroatoms. The van der Waals surface area contributed by atoms with Crippen molar-refractivity contribution >= 4 is 35.5 Å². The van der Waals surface area contributed by atoms with E-state index in [2.05, 4.69) is 16.0 Å². The van der Waals surface area contributed by atoms with Crippen LogP contribution in [0.25, 0.3) is 0 Å². The summed E-state index contributed by atoms with van der Waals surface area (Å²) >= 11 is 0. The van der Waals surface area contributed by atoms with Crippen LogP contribution in [0.4, 0.5) is 0 Å². The molecule has 5 amide bonds. The molecule has 0 aliphatic heterocycles. The zero-order valence-electron chi connectivity index (χ0n) is 20.5. The quantitative estimate of drug-likeness (QED) is 0.0507. The van der Waals surface area contributed by atoms with Crippen molar-refractivity contribution in [2.75, 3.05) is 13.2 Å². The highest BCUT2D eigenvalue weighted by atomic mass is 16.5. The normalized spacial score (nSPS) is 14.2. The minimum absolute atomic E-state index is 0.0514. The molecule has 0 aromatic rings. The summed E-state index contributed by atoms with van der Waals surface area (Å²) in [5.74, 6) is -7.00. The minimum Gasteiger partial charge on any atom is -0.481 e. The molecule has 0 fully saturated rings. The number of aliphatic hydroxyl groups excluding tert-OH is 1. The Morgan fingerprint density at radius 3 is 1.86 bits per heavy atom. The maximum atomic E-state index is 12.7. The number of aliphatic hydroxyl groups is 1. The highest BCUT2D eigenvalue weighted by Gasteiger charge is 2.32. The molecule has 11 N–H and O–H groups in total. The molecule has 4 atom stereocenters. The fraction of sp³-hybridized carbons (Fsp3) is 0.714. The SMILES string of the molecule is CC(C)C[C@H](CC(=O)NO)C(=O)N[C@@H](CC(=O)O)C(=O)N[C@@H](CO)C(=O)N[C@@H](CCCCN)C(N)=O. The Kier molecular flexibility index (Phi) is 15.6. The van der Waals surface area contributed by atoms with Crippen LogP contribution < -0.4 is 32.9 Å². The Hall–Kier alpha value is -3.30. The average molecular weight is 519 g/mol. The number of hydroxylamine groups is 1. The number of hydrogen-bond donors (Lipinski definition) is 9. The van der Waals surface area contributed by atoms with E-state index in [1.165, 1.54) is 5.48 Å². The van der Waals surface area contributed by atoms with Crippen LogP contribution in [-0.4, -0.2) is 82.2 Å². The summed E-state index contributed by atoms with van der Waals surface area (Å²) < 4.78 is 0. The predicted octanol–water partition coefficient (Wildman–Crippen LogP) is -2.92. The number of unbranched alkanes of at least 4 members (excludes halogenated alkanes) is 1. The largest absolute Gasteiger partial charge is 0.481 e. The smallest absolute Gasteiger partial charge is 0.305 e. The van der Waals surface area contributed by atoms with Gasteiger partial charge in [-0.15, -0.1) is 0 Å². The van der Waals surface area contributed by atoms with Gasteiger partial charge in [0.15, 0.2) is 0 Å². The van der Waals surface area contributed by atoms with Crippen molar-refractivity contribution in [2.24, 2.45) is 23.3 Å². The molecule has 0 unspecified atom stereocenters. The maximum absolute atomic E-state index is 12.7. The monoisotopic (exact) mass is 518 g/mol. The summed E-state index contributed by atoms with van der Waals surface area (Å²) in [6, 6.07) is -4.31. The second-order valence-electron chi connectivity index (χ2n) is 8.72. The molecule has 0 aliphatic rings. The lowest BCUT2D eigenvalue weighted by molar-refractivity contribution is -0.142. The molecule has 0 aliphatic carbocycles. The number of nitrogens with one attached hydrogen (secondary N) is 4. The van der Waals surface area contributed by atoms with Gasteiger partial charge >= 0.3 is 5.97 Å². The Balaban J connectivity index is 5.47. The third-order valence-electron chi connectivity index (χ3n) is 5.12. The van der Waals surface area contributed by atoms with Gasteiger partial charge in [-0.2, -0.15) is 0 Å². The number of carbonyl (C=O) groups is 6. The van der Waals surface area contributed by atoms with Crippen molar-refractivity contribution in [3.63, 3.8) is 0 Å². The topological polar surface area (TPSA) is 263 Å². The highest BCUT2D eigenvalue weighted by molar-refractivity contribution is 5.96. The summed E-state index contributed by atoms with van der Waals surface area (Å²) in [5, 5.41) is 34.2. The molecule has 0 bridgehead atoms. The number of carboxylic acids is 1. The number of carboxylic acid groups (broad SMARTS) is 1. The molecule has 0 aromatic carbocycles. The van der Waals surface area contributed by atoms with Crippen LogP contribution in [-0.2, 0) is 28.8 Å². The van der Waals surface area contributed by atoms with Crippen LogP contribution in [0.5, 0.6) is 0 Å². The van der Waals surface area contributed by atoms with Crippen molar-refractivity contribution in [3.8, 4) is 0 Å². The minimum atomic E-state index is -1.65. The van der Waals surface area contributed by atoms with Gasteiger partial charge in [0, 0.05) is 12.3 Å². The fourth-order valence-corrected chi connectivity index (χ4v) is 3.31. The first-order valence-electron chi connectivity index (χ1n) is 11.5. The molecule has 206 valence electrons. The zero-order valence-corrected chi connectivity index (χ0v) is 20.5. The molecule has 0 rings (SSSR count). The van der Waals surface area contributed by atoms with E-state index in [0.29, 0.717) is 19.4 Å². The molecule has 0 radical (unpaired) electrons. The van der Waals surface area contributed by atoms with Gasteiger partial charge in [0.05, 0.1) is 13.0 Å². The molecule has 36 heavy (non-hydrogen) atoms. The summed E-state index contributed by atoms with van der Waals surface area (Å²) in [7, 11) is 0. The van der Waals surface area contributed by atoms with E-state index in [1.807, 2.05) is 0 Å². The summed E-state index contributed by atoms with van der Waals surface area (Å²) in [4.78, 5) is 72.4. The summed E-state index contributed by atoms with van der Waals surface area (Å²) in [6.07, 6.45) is 0.165. The summed E-state index contributed by atoms with van der Waals surface area (Å²) in [5.41, 5.74) is 12.1. The van der Waals surface area contributed by atoms with Crippen molar-refractivity contribution in [1.29, 1.82) is 0 Å². The van der Waals surface area contributed by atoms with E-state index in [9.17, 15) is 39.0 Å². The van der Waals surface area contributed by atoms with Gasteiger partial charge in [0.1, 0.15) is 18.1 Å². The van der Waals surface area contributed by atoms with Gasteiger partial charge in [-0.1, -0.05) is 13.8 Å². The van der Waals surface area contributed by atoms with Gasteiger partial charge in [-0.05, 0) is 38.1 Å². The molecular weight excluding hydrogens is 480 g/mol. The van der Waals surface area contributed by atoms with Crippen LogP contribution >= 0.6 is 0 Å². The van der Waals surface area contributed by atoms with Gasteiger partial charge in [-0.3, -0.25) is 34.0 Å². The van der Waals surface area contributed by atoms with Crippen molar-refractivity contribution in [2.45, 2.75) is 70.5 Å². The standard InChI is InChI=1S/C21H38N6O9/c1-11(2)7-12(8-16(29)27-36)19(33)25-14(9-17(30)31)20(34)26-15(10-28)21(35)24-13(18(23)32)5-3-4-6-22/h11-15,28,36H,3-10,22H2,1-2H3,(H2,23,32)(H,24,35)(H,25,33)(H,26,34)(H,27,29)(H,30,31)/t12-,13+,14+,15+/m1/s1. The highest BCUT2D eigenvalue weighted by Crippen LogP contribution is 2.16. The van der Waals surface area contributed by atoms with Crippen molar-refractivity contribution in [3.05, 3.63) is 0 Å². The molecule has 0 saturated carbocycles. The van der Waals surface area contributed by atoms with Gasteiger partial charge in [-0.25, -0.2) is 5.48 Å². The second kappa shape index (κ2) is 17.2.